The van der Waals surface area contributed by atoms with Crippen molar-refractivity contribution in [1.82, 2.24) is 4.90 Å². The molecule has 1 aliphatic rings. The number of hydrogen-bond donors (Lipinski definition) is 1. The molecule has 1 saturated heterocycles. The van der Waals surface area contributed by atoms with Crippen LogP contribution in [0.4, 0.5) is 0 Å². The van der Waals surface area contributed by atoms with E-state index in [0.717, 1.165) is 30.6 Å². The van der Waals surface area contributed by atoms with Crippen molar-refractivity contribution in [3.05, 3.63) is 60.2 Å². The highest BCUT2D eigenvalue weighted by atomic mass is 32.2. The molecular weight excluding hydrogens is 374 g/mol. The summed E-state index contributed by atoms with van der Waals surface area (Å²) in [6.45, 7) is 2.08. The molecule has 148 valence electrons. The van der Waals surface area contributed by atoms with Crippen LogP contribution in [-0.2, 0) is 9.59 Å². The van der Waals surface area contributed by atoms with Crippen molar-refractivity contribution < 1.29 is 19.4 Å². The van der Waals surface area contributed by atoms with Crippen LogP contribution in [0.2, 0.25) is 0 Å². The van der Waals surface area contributed by atoms with Gasteiger partial charge in [-0.1, -0.05) is 50.1 Å². The Labute approximate surface area is 169 Å². The number of rotatable bonds is 8. The number of aliphatic carboxylic acids is 1. The molecule has 0 radical (unpaired) electrons. The standard InChI is InChI=1S/C22H25NO4S/c1-2-3-5-13-20(24)23-19(22(25)26)15-28-21(23)16-9-8-12-18(14-16)27-17-10-6-4-7-11-17/h4,6-12,14,19,21H,2-3,5,13,15H2,1H3,(H,25,26). The van der Waals surface area contributed by atoms with Gasteiger partial charge in [-0.3, -0.25) is 4.79 Å². The molecule has 0 saturated carbocycles. The number of ether oxygens (including phenoxy) is 1. The van der Waals surface area contributed by atoms with Crippen molar-refractivity contribution in [2.75, 3.05) is 5.75 Å². The van der Waals surface area contributed by atoms with E-state index in [9.17, 15) is 14.7 Å². The quantitative estimate of drug-likeness (QED) is 0.627. The highest BCUT2D eigenvalue weighted by Crippen LogP contribution is 2.43. The Kier molecular flexibility index (Phi) is 6.98. The summed E-state index contributed by atoms with van der Waals surface area (Å²) in [5.41, 5.74) is 0.881. The molecule has 2 aromatic rings. The van der Waals surface area contributed by atoms with Crippen LogP contribution < -0.4 is 4.74 Å². The molecule has 1 heterocycles. The van der Waals surface area contributed by atoms with Crippen LogP contribution in [0.5, 0.6) is 11.5 Å². The summed E-state index contributed by atoms with van der Waals surface area (Å²) in [7, 11) is 0. The Morgan fingerprint density at radius 2 is 1.86 bits per heavy atom. The lowest BCUT2D eigenvalue weighted by Gasteiger charge is -2.28. The number of amides is 1. The maximum absolute atomic E-state index is 12.8. The molecule has 6 heteroatoms. The summed E-state index contributed by atoms with van der Waals surface area (Å²) in [6.07, 6.45) is 3.16. The van der Waals surface area contributed by atoms with Crippen molar-refractivity contribution in [3.63, 3.8) is 0 Å². The number of benzene rings is 2. The third kappa shape index (κ3) is 4.87. The molecule has 2 aromatic carbocycles. The average Bonchev–Trinajstić information content (AvgIpc) is 3.15. The van der Waals surface area contributed by atoms with Gasteiger partial charge in [0, 0.05) is 12.2 Å². The van der Waals surface area contributed by atoms with Crippen LogP contribution >= 0.6 is 11.8 Å². The normalized spacial score (nSPS) is 18.8. The van der Waals surface area contributed by atoms with Crippen molar-refractivity contribution in [2.45, 2.75) is 44.0 Å². The predicted octanol–water partition coefficient (Wildman–Crippen LogP) is 5.09. The van der Waals surface area contributed by atoms with E-state index in [4.69, 9.17) is 4.74 Å². The Balaban J connectivity index is 1.80. The minimum atomic E-state index is -0.949. The Hall–Kier alpha value is -2.47. The van der Waals surface area contributed by atoms with Crippen LogP contribution in [0.1, 0.15) is 43.5 Å². The first kappa shape index (κ1) is 20.3. The summed E-state index contributed by atoms with van der Waals surface area (Å²) in [6, 6.07) is 16.2. The zero-order valence-corrected chi connectivity index (χ0v) is 16.7. The van der Waals surface area contributed by atoms with E-state index in [1.54, 1.807) is 4.90 Å². The largest absolute Gasteiger partial charge is 0.480 e. The van der Waals surface area contributed by atoms with Gasteiger partial charge in [0.1, 0.15) is 22.9 Å². The molecule has 1 N–H and O–H groups in total. The van der Waals surface area contributed by atoms with Crippen LogP contribution in [0, 0.1) is 0 Å². The number of thioether (sulfide) groups is 1. The fourth-order valence-electron chi connectivity index (χ4n) is 3.27. The van der Waals surface area contributed by atoms with Crippen molar-refractivity contribution >= 4 is 23.6 Å². The Bertz CT molecular complexity index is 811. The minimum Gasteiger partial charge on any atom is -0.480 e. The molecule has 1 aliphatic heterocycles. The molecule has 0 spiro atoms. The zero-order valence-electron chi connectivity index (χ0n) is 15.9. The predicted molar refractivity (Wildman–Crippen MR) is 111 cm³/mol. The number of carboxylic acids is 1. The maximum Gasteiger partial charge on any atom is 0.327 e. The zero-order chi connectivity index (χ0) is 19.9. The lowest BCUT2D eigenvalue weighted by Crippen LogP contribution is -2.42. The summed E-state index contributed by atoms with van der Waals surface area (Å²) < 4.78 is 5.90. The van der Waals surface area contributed by atoms with Crippen LogP contribution in [-0.4, -0.2) is 33.7 Å². The lowest BCUT2D eigenvalue weighted by molar-refractivity contribution is -0.149. The first-order chi connectivity index (χ1) is 13.6. The number of hydrogen-bond acceptors (Lipinski definition) is 4. The molecule has 5 nitrogen and oxygen atoms in total. The molecule has 0 aromatic heterocycles. The SMILES string of the molecule is CCCCCC(=O)N1C(C(=O)O)CSC1c1cccc(Oc2ccccc2)c1. The third-order valence-corrected chi connectivity index (χ3v) is 6.01. The average molecular weight is 400 g/mol. The Morgan fingerprint density at radius 1 is 1.11 bits per heavy atom. The molecule has 0 bridgehead atoms. The summed E-state index contributed by atoms with van der Waals surface area (Å²) in [5.74, 6) is 0.750. The monoisotopic (exact) mass is 399 g/mol. The van der Waals surface area contributed by atoms with E-state index in [1.807, 2.05) is 54.6 Å². The van der Waals surface area contributed by atoms with Gasteiger partial charge in [0.25, 0.3) is 0 Å². The summed E-state index contributed by atoms with van der Waals surface area (Å²) in [4.78, 5) is 26.1. The summed E-state index contributed by atoms with van der Waals surface area (Å²) in [5, 5.41) is 9.28. The first-order valence-corrected chi connectivity index (χ1v) is 10.6. The highest BCUT2D eigenvalue weighted by molar-refractivity contribution is 7.99. The van der Waals surface area contributed by atoms with Gasteiger partial charge >= 0.3 is 5.97 Å². The summed E-state index contributed by atoms with van der Waals surface area (Å²) >= 11 is 1.49. The van der Waals surface area contributed by atoms with Crippen LogP contribution in [0.15, 0.2) is 54.6 Å². The smallest absolute Gasteiger partial charge is 0.327 e. The number of carboxylic acid groups (broad SMARTS) is 1. The maximum atomic E-state index is 12.8. The van der Waals surface area contributed by atoms with Gasteiger partial charge in [-0.2, -0.15) is 0 Å². The molecule has 2 unspecified atom stereocenters. The van der Waals surface area contributed by atoms with Crippen molar-refractivity contribution in [3.8, 4) is 11.5 Å². The van der Waals surface area contributed by atoms with E-state index in [2.05, 4.69) is 6.92 Å². The molecular formula is C22H25NO4S. The minimum absolute atomic E-state index is 0.0924. The van der Waals surface area contributed by atoms with Crippen molar-refractivity contribution in [1.29, 1.82) is 0 Å². The van der Waals surface area contributed by atoms with Gasteiger partial charge in [0.2, 0.25) is 5.91 Å². The second-order valence-electron chi connectivity index (χ2n) is 6.79. The van der Waals surface area contributed by atoms with Crippen molar-refractivity contribution in [2.24, 2.45) is 0 Å². The van der Waals surface area contributed by atoms with E-state index >= 15 is 0 Å². The van der Waals surface area contributed by atoms with Gasteiger partial charge in [0.05, 0.1) is 0 Å². The number of unbranched alkanes of at least 4 members (excludes halogenated alkanes) is 2. The number of carbonyl (C=O) groups is 2. The second-order valence-corrected chi connectivity index (χ2v) is 7.90. The molecule has 2 atom stereocenters. The van der Waals surface area contributed by atoms with Gasteiger partial charge in [-0.25, -0.2) is 4.79 Å². The molecule has 1 fully saturated rings. The molecule has 1 amide bonds. The first-order valence-electron chi connectivity index (χ1n) is 9.58. The van der Waals surface area contributed by atoms with Gasteiger partial charge in [-0.05, 0) is 36.2 Å². The molecule has 28 heavy (non-hydrogen) atoms. The van der Waals surface area contributed by atoms with E-state index in [1.165, 1.54) is 11.8 Å². The number of para-hydroxylation sites is 1. The second kappa shape index (κ2) is 9.64. The van der Waals surface area contributed by atoms with E-state index < -0.39 is 12.0 Å². The van der Waals surface area contributed by atoms with Gasteiger partial charge in [-0.15, -0.1) is 11.8 Å². The van der Waals surface area contributed by atoms with E-state index in [-0.39, 0.29) is 11.3 Å². The van der Waals surface area contributed by atoms with Gasteiger partial charge in [0.15, 0.2) is 0 Å². The third-order valence-electron chi connectivity index (χ3n) is 4.69. The van der Waals surface area contributed by atoms with Crippen LogP contribution in [0.3, 0.4) is 0 Å². The fraction of sp³-hybridized carbons (Fsp3) is 0.364. The topological polar surface area (TPSA) is 66.8 Å². The fourth-order valence-corrected chi connectivity index (χ4v) is 4.70. The molecule has 0 aliphatic carbocycles. The van der Waals surface area contributed by atoms with Crippen LogP contribution in [0.25, 0.3) is 0 Å². The Morgan fingerprint density at radius 3 is 2.57 bits per heavy atom. The number of carbonyl (C=O) groups excluding carboxylic acids is 1. The molecule has 3 rings (SSSR count). The van der Waals surface area contributed by atoms with E-state index in [0.29, 0.717) is 17.9 Å². The highest BCUT2D eigenvalue weighted by Gasteiger charge is 2.42. The number of nitrogens with zero attached hydrogens (tertiary/aromatic N) is 1. The lowest BCUT2D eigenvalue weighted by atomic mass is 10.1. The van der Waals surface area contributed by atoms with Gasteiger partial charge < -0.3 is 14.7 Å².